The molecule has 0 unspecified atom stereocenters. The molecule has 0 aliphatic heterocycles. The summed E-state index contributed by atoms with van der Waals surface area (Å²) in [6.07, 6.45) is 1.02. The van der Waals surface area contributed by atoms with E-state index in [1.807, 2.05) is 0 Å². The monoisotopic (exact) mass is 301 g/mol. The molecule has 22 heavy (non-hydrogen) atoms. The van der Waals surface area contributed by atoms with Gasteiger partial charge in [-0.15, -0.1) is 0 Å². The van der Waals surface area contributed by atoms with Crippen LogP contribution in [0.4, 0.5) is 0 Å². The Balaban J connectivity index is 2.13. The van der Waals surface area contributed by atoms with Gasteiger partial charge in [-0.05, 0) is 31.0 Å². The van der Waals surface area contributed by atoms with Crippen LogP contribution < -0.4 is 5.76 Å². The molecule has 1 aromatic carbocycles. The van der Waals surface area contributed by atoms with Crippen LogP contribution in [0.25, 0.3) is 11.1 Å². The minimum Gasteiger partial charge on any atom is -0.408 e. The molecule has 1 aliphatic carbocycles. The number of carbonyl (C=O) groups is 3. The first-order valence-corrected chi connectivity index (χ1v) is 7.10. The van der Waals surface area contributed by atoms with E-state index in [9.17, 15) is 19.2 Å². The van der Waals surface area contributed by atoms with Crippen molar-refractivity contribution in [2.45, 2.75) is 26.2 Å². The minimum atomic E-state index is -1.20. The van der Waals surface area contributed by atoms with Crippen LogP contribution in [0.3, 0.4) is 0 Å². The van der Waals surface area contributed by atoms with Gasteiger partial charge in [-0.25, -0.2) is 4.79 Å². The number of benzene rings is 1. The molecule has 0 radical (unpaired) electrons. The Hall–Kier alpha value is -2.50. The van der Waals surface area contributed by atoms with E-state index in [1.54, 1.807) is 14.0 Å². The van der Waals surface area contributed by atoms with Crippen molar-refractivity contribution in [2.75, 3.05) is 0 Å². The molecule has 6 nitrogen and oxygen atoms in total. The first-order chi connectivity index (χ1) is 10.4. The van der Waals surface area contributed by atoms with Crippen molar-refractivity contribution in [3.63, 3.8) is 0 Å². The third-order valence-corrected chi connectivity index (χ3v) is 4.22. The van der Waals surface area contributed by atoms with Crippen LogP contribution in [-0.4, -0.2) is 21.9 Å². The van der Waals surface area contributed by atoms with Crippen molar-refractivity contribution in [3.05, 3.63) is 33.8 Å². The summed E-state index contributed by atoms with van der Waals surface area (Å²) < 4.78 is 6.38. The molecule has 0 atom stereocenters. The predicted octanol–water partition coefficient (Wildman–Crippen LogP) is 1.56. The second-order valence-corrected chi connectivity index (χ2v) is 5.60. The lowest BCUT2D eigenvalue weighted by Gasteiger charge is -2.19. The van der Waals surface area contributed by atoms with Gasteiger partial charge in [-0.1, -0.05) is 0 Å². The summed E-state index contributed by atoms with van der Waals surface area (Å²) >= 11 is 0. The highest BCUT2D eigenvalue weighted by molar-refractivity contribution is 6.25. The van der Waals surface area contributed by atoms with E-state index in [0.29, 0.717) is 23.1 Å². The molecule has 0 bridgehead atoms. The normalized spacial score (nSPS) is 16.5. The Morgan fingerprint density at radius 3 is 2.45 bits per heavy atom. The maximum atomic E-state index is 12.6. The van der Waals surface area contributed by atoms with Gasteiger partial charge in [0, 0.05) is 25.5 Å². The highest BCUT2D eigenvalue weighted by Gasteiger charge is 2.37. The van der Waals surface area contributed by atoms with Gasteiger partial charge in [-0.3, -0.25) is 19.0 Å². The van der Waals surface area contributed by atoms with Gasteiger partial charge in [0.15, 0.2) is 22.9 Å². The number of fused-ring (bicyclic) bond motifs is 1. The standard InChI is InChI=1S/C16H15NO5/c1-8-9(6-7-12-14(8)17(2)16(21)22-12)15(20)13-10(18)4-3-5-11(13)19/h6-7,13H,3-5H2,1-2H3. The van der Waals surface area contributed by atoms with Gasteiger partial charge < -0.3 is 4.42 Å². The number of ketones is 3. The molecule has 1 aliphatic rings. The average Bonchev–Trinajstić information content (AvgIpc) is 2.75. The fourth-order valence-electron chi connectivity index (χ4n) is 3.05. The van der Waals surface area contributed by atoms with Crippen molar-refractivity contribution < 1.29 is 18.8 Å². The third-order valence-electron chi connectivity index (χ3n) is 4.22. The lowest BCUT2D eigenvalue weighted by atomic mass is 9.81. The number of hydrogen-bond acceptors (Lipinski definition) is 5. The molecule has 1 aromatic heterocycles. The van der Waals surface area contributed by atoms with Gasteiger partial charge in [0.2, 0.25) is 0 Å². The van der Waals surface area contributed by atoms with Crippen LogP contribution in [0, 0.1) is 12.8 Å². The second-order valence-electron chi connectivity index (χ2n) is 5.60. The van der Waals surface area contributed by atoms with Gasteiger partial charge in [0.1, 0.15) is 5.92 Å². The van der Waals surface area contributed by atoms with E-state index >= 15 is 0 Å². The SMILES string of the molecule is Cc1c(C(=O)C2C(=O)CCCC2=O)ccc2oc(=O)n(C)c12. The quantitative estimate of drug-likeness (QED) is 0.620. The van der Waals surface area contributed by atoms with Gasteiger partial charge in [-0.2, -0.15) is 0 Å². The fourth-order valence-corrected chi connectivity index (χ4v) is 3.05. The van der Waals surface area contributed by atoms with Crippen molar-refractivity contribution in [2.24, 2.45) is 13.0 Å². The molecule has 0 amide bonds. The molecular formula is C16H15NO5. The first-order valence-electron chi connectivity index (χ1n) is 7.10. The number of hydrogen-bond donors (Lipinski definition) is 0. The van der Waals surface area contributed by atoms with E-state index in [1.165, 1.54) is 16.7 Å². The highest BCUT2D eigenvalue weighted by atomic mass is 16.4. The van der Waals surface area contributed by atoms with Crippen molar-refractivity contribution in [1.29, 1.82) is 0 Å². The summed E-state index contributed by atoms with van der Waals surface area (Å²) in [6, 6.07) is 3.03. The van der Waals surface area contributed by atoms with E-state index in [4.69, 9.17) is 4.42 Å². The largest absolute Gasteiger partial charge is 0.419 e. The van der Waals surface area contributed by atoms with Crippen LogP contribution in [0.5, 0.6) is 0 Å². The maximum Gasteiger partial charge on any atom is 0.419 e. The summed E-state index contributed by atoms with van der Waals surface area (Å²) in [5.41, 5.74) is 1.72. The number of rotatable bonds is 2. The number of oxazole rings is 1. The molecule has 114 valence electrons. The summed E-state index contributed by atoms with van der Waals surface area (Å²) in [7, 11) is 1.55. The van der Waals surface area contributed by atoms with Crippen LogP contribution in [0.1, 0.15) is 35.2 Å². The maximum absolute atomic E-state index is 12.6. The summed E-state index contributed by atoms with van der Waals surface area (Å²) in [5.74, 6) is -2.84. The van der Waals surface area contributed by atoms with Crippen LogP contribution in [0.15, 0.2) is 21.3 Å². The van der Waals surface area contributed by atoms with E-state index in [0.717, 1.165) is 0 Å². The molecule has 0 saturated heterocycles. The highest BCUT2D eigenvalue weighted by Crippen LogP contribution is 2.26. The molecule has 1 heterocycles. The number of nitrogens with zero attached hydrogens (tertiary/aromatic N) is 1. The average molecular weight is 301 g/mol. The predicted molar refractivity (Wildman–Crippen MR) is 77.9 cm³/mol. The topological polar surface area (TPSA) is 86.3 Å². The zero-order valence-corrected chi connectivity index (χ0v) is 12.3. The van der Waals surface area contributed by atoms with Crippen molar-refractivity contribution >= 4 is 28.4 Å². The number of Topliss-reactive ketones (excluding diaryl/α,β-unsaturated/α-hetero) is 3. The Bertz CT molecular complexity index is 855. The van der Waals surface area contributed by atoms with Gasteiger partial charge in [0.05, 0.1) is 5.52 Å². The molecular weight excluding hydrogens is 286 g/mol. The Labute approximate surface area is 125 Å². The zero-order valence-electron chi connectivity index (χ0n) is 12.3. The molecule has 6 heteroatoms. The lowest BCUT2D eigenvalue weighted by Crippen LogP contribution is -2.35. The molecule has 1 saturated carbocycles. The Morgan fingerprint density at radius 2 is 1.82 bits per heavy atom. The summed E-state index contributed by atoms with van der Waals surface area (Å²) in [5, 5.41) is 0. The third kappa shape index (κ3) is 2.03. The Kier molecular flexibility index (Phi) is 3.31. The lowest BCUT2D eigenvalue weighted by molar-refractivity contribution is -0.133. The van der Waals surface area contributed by atoms with Gasteiger partial charge in [0.25, 0.3) is 0 Å². The summed E-state index contributed by atoms with van der Waals surface area (Å²) in [4.78, 5) is 48.1. The number of aromatic nitrogens is 1. The van der Waals surface area contributed by atoms with E-state index in [-0.39, 0.29) is 30.0 Å². The molecule has 0 spiro atoms. The van der Waals surface area contributed by atoms with E-state index in [2.05, 4.69) is 0 Å². The molecule has 3 rings (SSSR count). The second kappa shape index (κ2) is 5.05. The minimum absolute atomic E-state index is 0.258. The van der Waals surface area contributed by atoms with Crippen molar-refractivity contribution in [3.8, 4) is 0 Å². The molecule has 0 N–H and O–H groups in total. The fraction of sp³-hybridized carbons (Fsp3) is 0.375. The Morgan fingerprint density at radius 1 is 1.18 bits per heavy atom. The summed E-state index contributed by atoms with van der Waals surface area (Å²) in [6.45, 7) is 1.68. The number of carbonyl (C=O) groups excluding carboxylic acids is 3. The van der Waals surface area contributed by atoms with Crippen LogP contribution in [0.2, 0.25) is 0 Å². The molecule has 2 aromatic rings. The van der Waals surface area contributed by atoms with Gasteiger partial charge >= 0.3 is 5.76 Å². The van der Waals surface area contributed by atoms with E-state index < -0.39 is 17.5 Å². The smallest absolute Gasteiger partial charge is 0.408 e. The molecule has 1 fully saturated rings. The van der Waals surface area contributed by atoms with Crippen LogP contribution >= 0.6 is 0 Å². The van der Waals surface area contributed by atoms with Crippen LogP contribution in [-0.2, 0) is 16.6 Å². The van der Waals surface area contributed by atoms with Crippen molar-refractivity contribution in [1.82, 2.24) is 4.57 Å². The zero-order chi connectivity index (χ0) is 16.0. The number of aryl methyl sites for hydroxylation is 2. The first kappa shape index (κ1) is 14.4.